The molecule has 7 nitrogen and oxygen atoms in total. The fourth-order valence-electron chi connectivity index (χ4n) is 6.31. The molecule has 2 heterocycles. The maximum absolute atomic E-state index is 13.5. The molecule has 5 unspecified atom stereocenters. The molecule has 5 atom stereocenters. The number of aryl methyl sites for hydroxylation is 1. The Morgan fingerprint density at radius 3 is 2.63 bits per heavy atom. The first kappa shape index (κ1) is 25.8. The van der Waals surface area contributed by atoms with Gasteiger partial charge >= 0.3 is 0 Å². The zero-order chi connectivity index (χ0) is 25.0. The topological polar surface area (TPSA) is 87.1 Å². The van der Waals surface area contributed by atoms with Gasteiger partial charge in [0.25, 0.3) is 11.7 Å². The number of nitrogens with zero attached hydrogens (tertiary/aromatic N) is 2. The van der Waals surface area contributed by atoms with Gasteiger partial charge in [0, 0.05) is 26.8 Å². The van der Waals surface area contributed by atoms with Crippen molar-refractivity contribution in [1.82, 2.24) is 9.80 Å². The normalized spacial score (nSPS) is 30.9. The van der Waals surface area contributed by atoms with Crippen LogP contribution in [0.4, 0.5) is 0 Å². The zero-order valence-electron chi connectivity index (χ0n) is 21.2. The summed E-state index contributed by atoms with van der Waals surface area (Å²) in [5.74, 6) is -1.72. The van der Waals surface area contributed by atoms with E-state index in [0.717, 1.165) is 38.5 Å². The van der Waals surface area contributed by atoms with Crippen molar-refractivity contribution in [2.75, 3.05) is 26.8 Å². The first-order chi connectivity index (χ1) is 16.8. The number of piperidine rings is 1. The Bertz CT molecular complexity index is 906. The second-order valence-electron chi connectivity index (χ2n) is 10.8. The lowest BCUT2D eigenvalue weighted by atomic mass is 9.69. The minimum Gasteiger partial charge on any atom is -0.384 e. The van der Waals surface area contributed by atoms with E-state index < -0.39 is 23.3 Å². The van der Waals surface area contributed by atoms with E-state index in [9.17, 15) is 19.5 Å². The fraction of sp³-hybridized carbons (Fsp3) is 0.679. The fourth-order valence-corrected chi connectivity index (χ4v) is 6.31. The van der Waals surface area contributed by atoms with Crippen molar-refractivity contribution in [2.24, 2.45) is 11.8 Å². The number of ether oxygens (including phenoxy) is 1. The van der Waals surface area contributed by atoms with Crippen LogP contribution in [0.15, 0.2) is 30.3 Å². The average Bonchev–Trinajstić information content (AvgIpc) is 2.86. The van der Waals surface area contributed by atoms with Gasteiger partial charge in [0.15, 0.2) is 0 Å². The number of methoxy groups -OCH3 is 1. The SMILES string of the molecule is COCC1CCC(C)C(O)(C(=O)C(=O)N2C3CCCC2C(=O)N(CCCCc2ccccc2)C3)C1. The number of unbranched alkanes of at least 4 members (excludes halogenated alkanes) is 1. The van der Waals surface area contributed by atoms with Crippen LogP contribution in [0, 0.1) is 11.8 Å². The van der Waals surface area contributed by atoms with E-state index >= 15 is 0 Å². The standard InChI is InChI=1S/C28H40N2O5/c1-20-14-15-22(19-35-2)17-28(20,34)25(31)27(33)30-23-12-8-13-24(30)26(32)29(18-23)16-7-6-11-21-9-4-3-5-10-21/h3-5,9-10,20,22-24,34H,6-8,11-19H2,1-2H3. The Labute approximate surface area is 208 Å². The number of rotatable bonds is 9. The van der Waals surface area contributed by atoms with Crippen LogP contribution in [0.5, 0.6) is 0 Å². The van der Waals surface area contributed by atoms with Crippen LogP contribution in [0.3, 0.4) is 0 Å². The number of Topliss-reactive ketones (excluding diaryl/α,β-unsaturated/α-hetero) is 1. The first-order valence-corrected chi connectivity index (χ1v) is 13.3. The maximum atomic E-state index is 13.5. The van der Waals surface area contributed by atoms with Crippen molar-refractivity contribution in [2.45, 2.75) is 82.4 Å². The summed E-state index contributed by atoms with van der Waals surface area (Å²) in [6.45, 7) is 3.45. The molecule has 192 valence electrons. The number of ketones is 1. The largest absolute Gasteiger partial charge is 0.384 e. The lowest BCUT2D eigenvalue weighted by Gasteiger charge is -2.50. The number of hydrogen-bond acceptors (Lipinski definition) is 5. The summed E-state index contributed by atoms with van der Waals surface area (Å²) >= 11 is 0. The van der Waals surface area contributed by atoms with Gasteiger partial charge in [-0.25, -0.2) is 0 Å². The van der Waals surface area contributed by atoms with Gasteiger partial charge in [0.2, 0.25) is 5.91 Å². The van der Waals surface area contributed by atoms with E-state index in [4.69, 9.17) is 4.74 Å². The minimum absolute atomic E-state index is 0.0480. The molecule has 35 heavy (non-hydrogen) atoms. The monoisotopic (exact) mass is 484 g/mol. The van der Waals surface area contributed by atoms with Crippen LogP contribution in [0.1, 0.15) is 63.9 Å². The zero-order valence-corrected chi connectivity index (χ0v) is 21.2. The van der Waals surface area contributed by atoms with Crippen LogP contribution in [-0.4, -0.2) is 77.0 Å². The van der Waals surface area contributed by atoms with Gasteiger partial charge in [-0.15, -0.1) is 0 Å². The first-order valence-electron chi connectivity index (χ1n) is 13.3. The quantitative estimate of drug-likeness (QED) is 0.430. The molecular weight excluding hydrogens is 444 g/mol. The minimum atomic E-state index is -1.69. The Kier molecular flexibility index (Phi) is 8.27. The summed E-state index contributed by atoms with van der Waals surface area (Å²) in [6, 6.07) is 9.59. The highest BCUT2D eigenvalue weighted by molar-refractivity contribution is 6.39. The van der Waals surface area contributed by atoms with Crippen LogP contribution < -0.4 is 0 Å². The van der Waals surface area contributed by atoms with Crippen molar-refractivity contribution in [3.05, 3.63) is 35.9 Å². The second-order valence-corrected chi connectivity index (χ2v) is 10.8. The third-order valence-corrected chi connectivity index (χ3v) is 8.41. The summed E-state index contributed by atoms with van der Waals surface area (Å²) in [5.41, 5.74) is -0.392. The predicted molar refractivity (Wildman–Crippen MR) is 133 cm³/mol. The number of amides is 2. The molecule has 1 N–H and O–H groups in total. The van der Waals surface area contributed by atoms with E-state index in [1.165, 1.54) is 10.5 Å². The Morgan fingerprint density at radius 2 is 1.89 bits per heavy atom. The van der Waals surface area contributed by atoms with Crippen LogP contribution in [-0.2, 0) is 25.5 Å². The van der Waals surface area contributed by atoms with E-state index in [1.807, 2.05) is 30.0 Å². The number of likely N-dealkylation sites (tertiary alicyclic amines) is 1. The number of hydrogen-bond donors (Lipinski definition) is 1. The van der Waals surface area contributed by atoms with Crippen LogP contribution >= 0.6 is 0 Å². The van der Waals surface area contributed by atoms with E-state index in [1.54, 1.807) is 7.11 Å². The van der Waals surface area contributed by atoms with Gasteiger partial charge in [-0.1, -0.05) is 37.3 Å². The number of carbonyl (C=O) groups excluding carboxylic acids is 3. The van der Waals surface area contributed by atoms with Gasteiger partial charge in [0.05, 0.1) is 6.04 Å². The van der Waals surface area contributed by atoms with Gasteiger partial charge in [-0.05, 0) is 75.2 Å². The molecule has 4 rings (SSSR count). The summed E-state index contributed by atoms with van der Waals surface area (Å²) in [6.07, 6.45) is 6.89. The Morgan fingerprint density at radius 1 is 1.11 bits per heavy atom. The van der Waals surface area contributed by atoms with E-state index in [-0.39, 0.29) is 30.2 Å². The van der Waals surface area contributed by atoms with Crippen LogP contribution in [0.2, 0.25) is 0 Å². The summed E-state index contributed by atoms with van der Waals surface area (Å²) in [5, 5.41) is 11.4. The van der Waals surface area contributed by atoms with Gasteiger partial charge in [0.1, 0.15) is 11.6 Å². The van der Waals surface area contributed by atoms with Crippen molar-refractivity contribution in [3.63, 3.8) is 0 Å². The highest BCUT2D eigenvalue weighted by Gasteiger charge is 2.53. The third kappa shape index (κ3) is 5.46. The molecule has 2 bridgehead atoms. The van der Waals surface area contributed by atoms with E-state index in [2.05, 4.69) is 12.1 Å². The Balaban J connectivity index is 1.39. The molecule has 3 fully saturated rings. The molecule has 2 aliphatic heterocycles. The van der Waals surface area contributed by atoms with Crippen LogP contribution in [0.25, 0.3) is 0 Å². The molecule has 2 saturated heterocycles. The summed E-state index contributed by atoms with van der Waals surface area (Å²) in [7, 11) is 1.61. The molecule has 0 aromatic heterocycles. The third-order valence-electron chi connectivity index (χ3n) is 8.41. The molecule has 0 spiro atoms. The molecule has 1 aromatic carbocycles. The molecule has 2 amide bonds. The number of piperazine rings is 1. The predicted octanol–water partition coefficient (Wildman–Crippen LogP) is 2.98. The number of benzene rings is 1. The summed E-state index contributed by atoms with van der Waals surface area (Å²) in [4.78, 5) is 43.7. The van der Waals surface area contributed by atoms with Gasteiger partial charge in [-0.2, -0.15) is 0 Å². The van der Waals surface area contributed by atoms with Crippen molar-refractivity contribution in [1.29, 1.82) is 0 Å². The molecular formula is C28H40N2O5. The highest BCUT2D eigenvalue weighted by atomic mass is 16.5. The molecule has 3 aliphatic rings. The molecule has 7 heteroatoms. The Hall–Kier alpha value is -2.25. The number of fused-ring (bicyclic) bond motifs is 2. The van der Waals surface area contributed by atoms with Crippen molar-refractivity contribution < 1.29 is 24.2 Å². The molecule has 1 aliphatic carbocycles. The van der Waals surface area contributed by atoms with Gasteiger partial charge < -0.3 is 19.6 Å². The van der Waals surface area contributed by atoms with Gasteiger partial charge in [-0.3, -0.25) is 14.4 Å². The molecule has 1 aromatic rings. The van der Waals surface area contributed by atoms with Crippen molar-refractivity contribution in [3.8, 4) is 0 Å². The average molecular weight is 485 g/mol. The van der Waals surface area contributed by atoms with E-state index in [0.29, 0.717) is 32.5 Å². The lowest BCUT2D eigenvalue weighted by molar-refractivity contribution is -0.172. The number of aliphatic hydroxyl groups is 1. The van der Waals surface area contributed by atoms with Crippen molar-refractivity contribution >= 4 is 17.6 Å². The molecule has 0 radical (unpaired) electrons. The second kappa shape index (κ2) is 11.2. The number of carbonyl (C=O) groups is 3. The smallest absolute Gasteiger partial charge is 0.294 e. The highest BCUT2D eigenvalue weighted by Crippen LogP contribution is 2.39. The maximum Gasteiger partial charge on any atom is 0.294 e. The molecule has 1 saturated carbocycles. The lowest BCUT2D eigenvalue weighted by Crippen LogP contribution is -2.68. The summed E-state index contributed by atoms with van der Waals surface area (Å²) < 4.78 is 5.25.